The predicted molar refractivity (Wildman–Crippen MR) is 122 cm³/mol. The van der Waals surface area contributed by atoms with Gasteiger partial charge < -0.3 is 16.0 Å². The van der Waals surface area contributed by atoms with Crippen molar-refractivity contribution in [2.24, 2.45) is 11.8 Å². The Morgan fingerprint density at radius 2 is 1.25 bits per heavy atom. The average Bonchev–Trinajstić information content (AvgIpc) is 2.84. The van der Waals surface area contributed by atoms with Gasteiger partial charge in [-0.2, -0.15) is 26.3 Å². The molecule has 2 fully saturated rings. The number of hydrogen-bond acceptors (Lipinski definition) is 3. The van der Waals surface area contributed by atoms with E-state index in [1.807, 2.05) is 0 Å². The summed E-state index contributed by atoms with van der Waals surface area (Å²) in [5.41, 5.74) is -3.71. The van der Waals surface area contributed by atoms with Crippen molar-refractivity contribution >= 4 is 11.8 Å². The zero-order valence-corrected chi connectivity index (χ0v) is 20.0. The summed E-state index contributed by atoms with van der Waals surface area (Å²) in [6.45, 7) is 1.10. The second kappa shape index (κ2) is 12.3. The molecule has 11 heteroatoms. The minimum Gasteiger partial charge on any atom is -0.355 e. The molecule has 0 saturated heterocycles. The van der Waals surface area contributed by atoms with Crippen LogP contribution in [0.3, 0.4) is 0 Å². The van der Waals surface area contributed by atoms with Gasteiger partial charge >= 0.3 is 12.4 Å². The molecule has 3 rings (SSSR count). The molecule has 1 aromatic carbocycles. The number of halogens is 6. The van der Waals surface area contributed by atoms with Crippen LogP contribution in [0.15, 0.2) is 18.2 Å². The topological polar surface area (TPSA) is 70.2 Å². The lowest BCUT2D eigenvalue weighted by atomic mass is 9.86. The van der Waals surface area contributed by atoms with Crippen molar-refractivity contribution in [2.75, 3.05) is 19.6 Å². The fraction of sp³-hybridized carbons (Fsp3) is 0.680. The van der Waals surface area contributed by atoms with Gasteiger partial charge in [0.05, 0.1) is 17.7 Å². The molecular weight excluding hydrogens is 488 g/mol. The molecule has 0 unspecified atom stereocenters. The number of alkyl halides is 6. The molecule has 0 heterocycles. The van der Waals surface area contributed by atoms with Crippen molar-refractivity contribution in [3.8, 4) is 0 Å². The highest BCUT2D eigenvalue weighted by Crippen LogP contribution is 2.36. The Balaban J connectivity index is 1.41. The quantitative estimate of drug-likeness (QED) is 0.407. The maximum Gasteiger partial charge on any atom is 0.416 e. The normalized spacial score (nSPS) is 21.7. The van der Waals surface area contributed by atoms with E-state index < -0.39 is 35.0 Å². The van der Waals surface area contributed by atoms with Gasteiger partial charge in [0, 0.05) is 24.7 Å². The molecule has 0 aromatic heterocycles. The molecular formula is C25H33F6N3O2. The van der Waals surface area contributed by atoms with Crippen LogP contribution in [0.5, 0.6) is 0 Å². The van der Waals surface area contributed by atoms with Crippen molar-refractivity contribution in [1.29, 1.82) is 0 Å². The highest BCUT2D eigenvalue weighted by atomic mass is 19.4. The van der Waals surface area contributed by atoms with Crippen LogP contribution in [0.25, 0.3) is 0 Å². The van der Waals surface area contributed by atoms with Crippen molar-refractivity contribution in [1.82, 2.24) is 16.0 Å². The van der Waals surface area contributed by atoms with Crippen LogP contribution in [0.2, 0.25) is 0 Å². The highest BCUT2D eigenvalue weighted by molar-refractivity contribution is 5.94. The third-order valence-corrected chi connectivity index (χ3v) is 7.11. The van der Waals surface area contributed by atoms with Gasteiger partial charge in [-0.25, -0.2) is 0 Å². The first kappa shape index (κ1) is 28.3. The van der Waals surface area contributed by atoms with E-state index in [1.165, 1.54) is 19.3 Å². The number of carbonyl (C=O) groups excluding carboxylic acids is 2. The zero-order chi connectivity index (χ0) is 26.3. The fourth-order valence-electron chi connectivity index (χ4n) is 4.94. The summed E-state index contributed by atoms with van der Waals surface area (Å²) in [5.74, 6) is -0.389. The SMILES string of the molecule is O=C(CN[C@H]1CC[C@H](CNC(=O)c2cc(C(F)(F)F)cc(C(F)(F)F)c2)CC1)NCC1CCCCC1. The smallest absolute Gasteiger partial charge is 0.355 e. The lowest BCUT2D eigenvalue weighted by Crippen LogP contribution is -2.43. The minimum atomic E-state index is -5.01. The van der Waals surface area contributed by atoms with Crippen LogP contribution >= 0.6 is 0 Å². The minimum absolute atomic E-state index is 0.00131. The van der Waals surface area contributed by atoms with Crippen molar-refractivity contribution in [3.05, 3.63) is 34.9 Å². The number of nitrogens with one attached hydrogen (secondary N) is 3. The molecule has 2 amide bonds. The van der Waals surface area contributed by atoms with Gasteiger partial charge in [-0.15, -0.1) is 0 Å². The first-order valence-electron chi connectivity index (χ1n) is 12.5. The number of rotatable bonds is 8. The molecule has 0 atom stereocenters. The first-order valence-corrected chi connectivity index (χ1v) is 12.5. The number of carbonyl (C=O) groups is 2. The van der Waals surface area contributed by atoms with Crippen LogP contribution in [-0.2, 0) is 17.1 Å². The van der Waals surface area contributed by atoms with Crippen molar-refractivity contribution in [3.63, 3.8) is 0 Å². The van der Waals surface area contributed by atoms with Gasteiger partial charge in [0.15, 0.2) is 0 Å². The summed E-state index contributed by atoms with van der Waals surface area (Å²) in [7, 11) is 0. The molecule has 0 bridgehead atoms. The summed E-state index contributed by atoms with van der Waals surface area (Å²) in [6, 6.07) is 1.02. The van der Waals surface area contributed by atoms with Gasteiger partial charge in [0.2, 0.25) is 5.91 Å². The van der Waals surface area contributed by atoms with E-state index >= 15 is 0 Å². The Hall–Kier alpha value is -2.30. The third kappa shape index (κ3) is 8.67. The van der Waals surface area contributed by atoms with Crippen LogP contribution in [-0.4, -0.2) is 37.5 Å². The molecule has 3 N–H and O–H groups in total. The summed E-state index contributed by atoms with van der Waals surface area (Å²) in [5, 5.41) is 8.72. The van der Waals surface area contributed by atoms with Crippen LogP contribution in [0, 0.1) is 11.8 Å². The van der Waals surface area contributed by atoms with E-state index in [0.717, 1.165) is 38.5 Å². The fourth-order valence-corrected chi connectivity index (χ4v) is 4.94. The first-order chi connectivity index (χ1) is 16.9. The molecule has 2 aliphatic carbocycles. The monoisotopic (exact) mass is 521 g/mol. The van der Waals surface area contributed by atoms with E-state index in [9.17, 15) is 35.9 Å². The van der Waals surface area contributed by atoms with Crippen molar-refractivity contribution in [2.45, 2.75) is 76.2 Å². The lowest BCUT2D eigenvalue weighted by Gasteiger charge is -2.29. The lowest BCUT2D eigenvalue weighted by molar-refractivity contribution is -0.143. The molecule has 2 aliphatic rings. The predicted octanol–water partition coefficient (Wildman–Crippen LogP) is 5.30. The molecule has 202 valence electrons. The molecule has 0 spiro atoms. The van der Waals surface area contributed by atoms with E-state index in [4.69, 9.17) is 0 Å². The van der Waals surface area contributed by atoms with Gasteiger partial charge in [0.1, 0.15) is 0 Å². The Morgan fingerprint density at radius 1 is 0.722 bits per heavy atom. The van der Waals surface area contributed by atoms with E-state index in [2.05, 4.69) is 16.0 Å². The molecule has 2 saturated carbocycles. The maximum atomic E-state index is 13.0. The highest BCUT2D eigenvalue weighted by Gasteiger charge is 2.37. The van der Waals surface area contributed by atoms with E-state index in [0.29, 0.717) is 24.6 Å². The van der Waals surface area contributed by atoms with Crippen molar-refractivity contribution < 1.29 is 35.9 Å². The van der Waals surface area contributed by atoms with Gasteiger partial charge in [-0.3, -0.25) is 9.59 Å². The Bertz CT molecular complexity index is 857. The average molecular weight is 522 g/mol. The summed E-state index contributed by atoms with van der Waals surface area (Å²) in [4.78, 5) is 24.5. The summed E-state index contributed by atoms with van der Waals surface area (Å²) < 4.78 is 78.1. The van der Waals surface area contributed by atoms with Crippen LogP contribution in [0.4, 0.5) is 26.3 Å². The van der Waals surface area contributed by atoms with Crippen LogP contribution in [0.1, 0.15) is 79.3 Å². The molecule has 0 radical (unpaired) electrons. The maximum absolute atomic E-state index is 13.0. The summed E-state index contributed by atoms with van der Waals surface area (Å²) >= 11 is 0. The summed E-state index contributed by atoms with van der Waals surface area (Å²) in [6.07, 6.45) is -1.02. The Kier molecular flexibility index (Phi) is 9.66. The van der Waals surface area contributed by atoms with E-state index in [1.54, 1.807) is 0 Å². The second-order valence-electron chi connectivity index (χ2n) is 9.91. The zero-order valence-electron chi connectivity index (χ0n) is 20.0. The molecule has 0 aliphatic heterocycles. The second-order valence-corrected chi connectivity index (χ2v) is 9.91. The number of benzene rings is 1. The molecule has 1 aromatic rings. The number of amides is 2. The largest absolute Gasteiger partial charge is 0.416 e. The standard InChI is InChI=1S/C25H33F6N3O2/c26-24(27,28)19-10-18(11-20(12-19)25(29,30)31)23(36)34-14-17-6-8-21(9-7-17)32-15-22(35)33-13-16-4-2-1-3-5-16/h10-12,16-17,21,32H,1-9,13-15H2,(H,33,35)(H,34,36)/t17-,21-. The van der Waals surface area contributed by atoms with Crippen LogP contribution < -0.4 is 16.0 Å². The number of hydrogen-bond donors (Lipinski definition) is 3. The third-order valence-electron chi connectivity index (χ3n) is 7.11. The Labute approximate surface area is 206 Å². The van der Waals surface area contributed by atoms with E-state index in [-0.39, 0.29) is 37.0 Å². The molecule has 36 heavy (non-hydrogen) atoms. The Morgan fingerprint density at radius 3 is 1.81 bits per heavy atom. The van der Waals surface area contributed by atoms with Gasteiger partial charge in [-0.05, 0) is 68.6 Å². The van der Waals surface area contributed by atoms with Gasteiger partial charge in [0.25, 0.3) is 5.91 Å². The van der Waals surface area contributed by atoms with Gasteiger partial charge in [-0.1, -0.05) is 19.3 Å². The molecule has 5 nitrogen and oxygen atoms in total.